The average Bonchev–Trinajstić information content (AvgIpc) is 3.45. The zero-order chi connectivity index (χ0) is 37.8. The van der Waals surface area contributed by atoms with Crippen LogP contribution in [0.25, 0.3) is 21.2 Å². The number of benzene rings is 3. The van der Waals surface area contributed by atoms with Crippen molar-refractivity contribution in [2.75, 3.05) is 14.2 Å². The van der Waals surface area contributed by atoms with E-state index in [9.17, 15) is 44.7 Å². The second-order valence-electron chi connectivity index (χ2n) is 11.4. The summed E-state index contributed by atoms with van der Waals surface area (Å²) in [5.41, 5.74) is 1.32. The molecular weight excluding hydrogens is 736 g/mol. The lowest BCUT2D eigenvalue weighted by Gasteiger charge is -2.37. The van der Waals surface area contributed by atoms with Crippen molar-refractivity contribution in [3.8, 4) is 16.9 Å². The number of alkyl halides is 6. The second-order valence-corrected chi connectivity index (χ2v) is 12.8. The summed E-state index contributed by atoms with van der Waals surface area (Å²) in [6, 6.07) is 12.3. The van der Waals surface area contributed by atoms with Crippen LogP contribution < -0.4 is 10.1 Å². The molecule has 274 valence electrons. The van der Waals surface area contributed by atoms with E-state index in [1.807, 2.05) is 7.05 Å². The zero-order valence-corrected chi connectivity index (χ0v) is 28.3. The van der Waals surface area contributed by atoms with Crippen molar-refractivity contribution in [1.29, 1.82) is 0 Å². The topological polar surface area (TPSA) is 95.9 Å². The molecule has 3 aromatic carbocycles. The molecule has 1 saturated carbocycles. The Balaban J connectivity index is 0.000000755. The highest BCUT2D eigenvalue weighted by Crippen LogP contribution is 2.41. The third-order valence-electron chi connectivity index (χ3n) is 8.28. The summed E-state index contributed by atoms with van der Waals surface area (Å²) in [7, 11) is 3.37. The molecule has 1 heterocycles. The number of nitrogens with one attached hydrogen (secondary N) is 1. The van der Waals surface area contributed by atoms with Crippen molar-refractivity contribution in [1.82, 2.24) is 10.2 Å². The van der Waals surface area contributed by atoms with Gasteiger partial charge < -0.3 is 20.1 Å². The van der Waals surface area contributed by atoms with E-state index >= 15 is 0 Å². The van der Waals surface area contributed by atoms with Crippen molar-refractivity contribution < 1.29 is 59.4 Å². The van der Waals surface area contributed by atoms with Gasteiger partial charge in [0, 0.05) is 29.8 Å². The van der Waals surface area contributed by atoms with E-state index in [2.05, 4.69) is 5.32 Å². The molecule has 1 aliphatic carbocycles. The molecule has 0 saturated heterocycles. The van der Waals surface area contributed by atoms with Crippen LogP contribution in [0.5, 0.6) is 5.75 Å². The minimum atomic E-state index is -5.08. The van der Waals surface area contributed by atoms with Crippen LogP contribution in [0, 0.1) is 11.6 Å². The summed E-state index contributed by atoms with van der Waals surface area (Å²) in [4.78, 5) is 36.4. The Bertz CT molecular complexity index is 1910. The van der Waals surface area contributed by atoms with Gasteiger partial charge in [0.05, 0.1) is 22.2 Å². The maximum Gasteiger partial charge on any atom is 0.490 e. The molecule has 1 fully saturated rings. The summed E-state index contributed by atoms with van der Waals surface area (Å²) in [6.45, 7) is 0.0743. The number of methoxy groups -OCH3 is 1. The van der Waals surface area contributed by atoms with Gasteiger partial charge in [-0.2, -0.15) is 26.3 Å². The van der Waals surface area contributed by atoms with E-state index in [1.54, 1.807) is 23.1 Å². The third kappa shape index (κ3) is 9.15. The minimum Gasteiger partial charge on any atom is -0.496 e. The lowest BCUT2D eigenvalue weighted by Crippen LogP contribution is -2.44. The van der Waals surface area contributed by atoms with Crippen LogP contribution in [0.3, 0.4) is 0 Å². The molecule has 0 unspecified atom stereocenters. The minimum absolute atomic E-state index is 0.0291. The van der Waals surface area contributed by atoms with E-state index in [1.165, 1.54) is 19.2 Å². The SMILES string of the molecule is CNC1CCC(N(Cc2cc(-c3ccc(C(=O)C(F)(F)F)cc3)ccc2OC)C(=O)c2sc3c(F)ccc(F)c3c2Cl)CC1.O=C(O)C(F)(F)F. The van der Waals surface area contributed by atoms with Gasteiger partial charge in [-0.05, 0) is 68.1 Å². The summed E-state index contributed by atoms with van der Waals surface area (Å²) in [5.74, 6) is -6.08. The van der Waals surface area contributed by atoms with Gasteiger partial charge in [-0.25, -0.2) is 13.6 Å². The Labute approximate surface area is 294 Å². The number of carboxylic acid groups (broad SMARTS) is 1. The molecule has 5 rings (SSSR count). The van der Waals surface area contributed by atoms with Gasteiger partial charge in [-0.15, -0.1) is 11.3 Å². The summed E-state index contributed by atoms with van der Waals surface area (Å²) in [5, 5.41) is 10.1. The van der Waals surface area contributed by atoms with E-state index in [-0.39, 0.29) is 32.6 Å². The number of ketones is 1. The van der Waals surface area contributed by atoms with E-state index < -0.39 is 47.2 Å². The molecule has 2 N–H and O–H groups in total. The molecule has 51 heavy (non-hydrogen) atoms. The van der Waals surface area contributed by atoms with Gasteiger partial charge in [0.15, 0.2) is 0 Å². The molecule has 4 aromatic rings. The van der Waals surface area contributed by atoms with Gasteiger partial charge in [0.2, 0.25) is 0 Å². The molecule has 1 amide bonds. The lowest BCUT2D eigenvalue weighted by atomic mass is 9.89. The Hall–Kier alpha value is -4.28. The number of rotatable bonds is 8. The molecule has 0 bridgehead atoms. The number of carboxylic acids is 1. The molecule has 1 aliphatic rings. The van der Waals surface area contributed by atoms with Crippen LogP contribution in [-0.4, -0.2) is 66.3 Å². The van der Waals surface area contributed by atoms with E-state index in [0.717, 1.165) is 48.4 Å². The van der Waals surface area contributed by atoms with Crippen LogP contribution in [0.4, 0.5) is 35.1 Å². The van der Waals surface area contributed by atoms with Crippen molar-refractivity contribution in [2.24, 2.45) is 0 Å². The van der Waals surface area contributed by atoms with Crippen molar-refractivity contribution in [2.45, 2.75) is 56.7 Å². The number of carbonyl (C=O) groups excluding carboxylic acids is 2. The molecule has 0 spiro atoms. The average molecular weight is 765 g/mol. The van der Waals surface area contributed by atoms with Gasteiger partial charge >= 0.3 is 18.3 Å². The first-order valence-electron chi connectivity index (χ1n) is 15.1. The molecule has 0 aliphatic heterocycles. The first-order valence-corrected chi connectivity index (χ1v) is 16.3. The van der Waals surface area contributed by atoms with Crippen LogP contribution >= 0.6 is 22.9 Å². The molecule has 17 heteroatoms. The molecule has 7 nitrogen and oxygen atoms in total. The fourth-order valence-electron chi connectivity index (χ4n) is 5.65. The van der Waals surface area contributed by atoms with Crippen LogP contribution in [0.1, 0.15) is 51.3 Å². The zero-order valence-electron chi connectivity index (χ0n) is 26.7. The molecule has 0 radical (unpaired) electrons. The number of fused-ring (bicyclic) bond motifs is 1. The quantitative estimate of drug-likeness (QED) is 0.137. The van der Waals surface area contributed by atoms with Crippen LogP contribution in [0.15, 0.2) is 54.6 Å². The number of halogens is 9. The predicted molar refractivity (Wildman–Crippen MR) is 174 cm³/mol. The van der Waals surface area contributed by atoms with E-state index in [0.29, 0.717) is 41.3 Å². The monoisotopic (exact) mass is 764 g/mol. The standard InChI is InChI=1S/C32H28ClF5N2O3S.C2HF3O2/c1-39-21-8-10-22(11-9-21)40(31(42)29-27(33)26-23(34)12-13-24(35)28(26)44-29)16-20-15-19(7-14-25(20)43-2)17-3-5-18(6-4-17)30(41)32(36,37)38;3-2(4,5)1(6)7/h3-7,12-15,21-22,39H,8-11,16H2,1-2H3;(H,6,7). The smallest absolute Gasteiger partial charge is 0.490 e. The highest BCUT2D eigenvalue weighted by atomic mass is 35.5. The number of hydrogen-bond donors (Lipinski definition) is 2. The number of aliphatic carboxylic acids is 1. The fourth-order valence-corrected chi connectivity index (χ4v) is 7.16. The van der Waals surface area contributed by atoms with Crippen LogP contribution in [0.2, 0.25) is 5.02 Å². The molecular formula is C34H29ClF8N2O5S. The Morgan fingerprint density at radius 1 is 0.902 bits per heavy atom. The van der Waals surface area contributed by atoms with Crippen molar-refractivity contribution >= 4 is 50.7 Å². The predicted octanol–water partition coefficient (Wildman–Crippen LogP) is 9.06. The Morgan fingerprint density at radius 3 is 1.98 bits per heavy atom. The molecule has 1 aromatic heterocycles. The number of hydrogen-bond acceptors (Lipinski definition) is 6. The highest BCUT2D eigenvalue weighted by Gasteiger charge is 2.39. The van der Waals surface area contributed by atoms with E-state index in [4.69, 9.17) is 26.2 Å². The number of amides is 1. The number of thiophene rings is 1. The van der Waals surface area contributed by atoms with Gasteiger partial charge in [-0.3, -0.25) is 9.59 Å². The normalized spacial score (nSPS) is 16.3. The first kappa shape index (κ1) is 39.5. The largest absolute Gasteiger partial charge is 0.496 e. The number of Topliss-reactive ketones (excluding diaryl/α,β-unsaturated/α-hetero) is 1. The summed E-state index contributed by atoms with van der Waals surface area (Å²) in [6.07, 6.45) is -7.08. The maximum absolute atomic E-state index is 14.7. The number of ether oxygens (including phenoxy) is 1. The fraction of sp³-hybridized carbons (Fsp3) is 0.324. The van der Waals surface area contributed by atoms with Gasteiger partial charge in [0.25, 0.3) is 11.7 Å². The van der Waals surface area contributed by atoms with Crippen LogP contribution in [-0.2, 0) is 11.3 Å². The Kier molecular flexibility index (Phi) is 12.4. The number of nitrogens with zero attached hydrogens (tertiary/aromatic N) is 1. The number of carbonyl (C=O) groups is 3. The first-order chi connectivity index (χ1) is 23.9. The van der Waals surface area contributed by atoms with Crippen molar-refractivity contribution in [3.05, 3.63) is 87.3 Å². The van der Waals surface area contributed by atoms with Gasteiger partial charge in [0.1, 0.15) is 22.3 Å². The summed E-state index contributed by atoms with van der Waals surface area (Å²) >= 11 is 7.32. The highest BCUT2D eigenvalue weighted by molar-refractivity contribution is 7.21. The third-order valence-corrected chi connectivity index (χ3v) is 9.96. The van der Waals surface area contributed by atoms with Crippen molar-refractivity contribution in [3.63, 3.8) is 0 Å². The lowest BCUT2D eigenvalue weighted by molar-refractivity contribution is -0.192. The second kappa shape index (κ2) is 15.9. The van der Waals surface area contributed by atoms with Gasteiger partial charge in [-0.1, -0.05) is 41.9 Å². The molecule has 0 atom stereocenters. The summed E-state index contributed by atoms with van der Waals surface area (Å²) < 4.78 is 105. The Morgan fingerprint density at radius 2 is 1.47 bits per heavy atom. The maximum atomic E-state index is 14.7.